The van der Waals surface area contributed by atoms with Gasteiger partial charge < -0.3 is 16.0 Å². The molecule has 1 atom stereocenters. The van der Waals surface area contributed by atoms with Gasteiger partial charge in [-0.15, -0.1) is 0 Å². The number of likely N-dealkylation sites (N-methyl/N-ethyl adjacent to an activating group) is 1. The molecule has 0 saturated carbocycles. The Labute approximate surface area is 98.6 Å². The Hall–Kier alpha value is -0.610. The summed E-state index contributed by atoms with van der Waals surface area (Å²) in [5, 5.41) is 3.03. The summed E-state index contributed by atoms with van der Waals surface area (Å²) in [7, 11) is 1.79. The fourth-order valence-corrected chi connectivity index (χ4v) is 2.04. The van der Waals surface area contributed by atoms with Gasteiger partial charge in [-0.25, -0.2) is 0 Å². The molecule has 0 radical (unpaired) electrons. The van der Waals surface area contributed by atoms with Gasteiger partial charge in [0.05, 0.1) is 0 Å². The average Bonchev–Trinajstić information content (AvgIpc) is 2.21. The summed E-state index contributed by atoms with van der Waals surface area (Å²) in [6.07, 6.45) is 2.37. The second-order valence-electron chi connectivity index (χ2n) is 5.89. The maximum Gasteiger partial charge on any atom is 0.238 e. The first-order chi connectivity index (χ1) is 7.29. The summed E-state index contributed by atoms with van der Waals surface area (Å²) in [6, 6.07) is 0. The standard InChI is InChI=1S/C12H25N3O/c1-11(2)5-7-15(8-6-11)9-12(3,14-4)10(13)16/h14H,5-9H2,1-4H3,(H2,13,16). The molecule has 1 aliphatic heterocycles. The molecule has 1 aliphatic rings. The molecule has 1 fully saturated rings. The van der Waals surface area contributed by atoms with Crippen molar-refractivity contribution in [1.29, 1.82) is 0 Å². The molecule has 1 unspecified atom stereocenters. The largest absolute Gasteiger partial charge is 0.368 e. The number of likely N-dealkylation sites (tertiary alicyclic amines) is 1. The fraction of sp³-hybridized carbons (Fsp3) is 0.917. The third kappa shape index (κ3) is 3.19. The van der Waals surface area contributed by atoms with Crippen molar-refractivity contribution in [2.24, 2.45) is 11.1 Å². The van der Waals surface area contributed by atoms with Crippen LogP contribution in [0.4, 0.5) is 0 Å². The third-order valence-corrected chi connectivity index (χ3v) is 3.85. The maximum absolute atomic E-state index is 11.4. The lowest BCUT2D eigenvalue weighted by molar-refractivity contribution is -0.124. The van der Waals surface area contributed by atoms with E-state index in [-0.39, 0.29) is 5.91 Å². The Bertz CT molecular complexity index is 255. The Kier molecular flexibility index (Phi) is 3.97. The lowest BCUT2D eigenvalue weighted by Crippen LogP contribution is -2.59. The molecular weight excluding hydrogens is 202 g/mol. The minimum absolute atomic E-state index is 0.278. The van der Waals surface area contributed by atoms with Gasteiger partial charge in [-0.3, -0.25) is 4.79 Å². The maximum atomic E-state index is 11.4. The van der Waals surface area contributed by atoms with Crippen LogP contribution in [0.2, 0.25) is 0 Å². The van der Waals surface area contributed by atoms with Gasteiger partial charge in [-0.1, -0.05) is 13.8 Å². The number of carbonyl (C=O) groups excluding carboxylic acids is 1. The van der Waals surface area contributed by atoms with Crippen molar-refractivity contribution >= 4 is 5.91 Å². The number of primary amides is 1. The number of piperidine rings is 1. The van der Waals surface area contributed by atoms with Crippen molar-refractivity contribution in [3.05, 3.63) is 0 Å². The molecule has 0 aromatic heterocycles. The van der Waals surface area contributed by atoms with Crippen LogP contribution in [0.5, 0.6) is 0 Å². The predicted octanol–water partition coefficient (Wildman–Crippen LogP) is 0.572. The molecule has 0 aromatic rings. The Morgan fingerprint density at radius 2 is 1.94 bits per heavy atom. The van der Waals surface area contributed by atoms with E-state index >= 15 is 0 Å². The van der Waals surface area contributed by atoms with E-state index in [0.29, 0.717) is 12.0 Å². The van der Waals surface area contributed by atoms with Crippen molar-refractivity contribution in [2.45, 2.75) is 39.2 Å². The monoisotopic (exact) mass is 227 g/mol. The van der Waals surface area contributed by atoms with E-state index in [4.69, 9.17) is 5.73 Å². The van der Waals surface area contributed by atoms with E-state index in [0.717, 1.165) is 13.1 Å². The van der Waals surface area contributed by atoms with Crippen LogP contribution in [-0.4, -0.2) is 43.0 Å². The van der Waals surface area contributed by atoms with Gasteiger partial charge in [0.1, 0.15) is 5.54 Å². The molecular formula is C12H25N3O. The van der Waals surface area contributed by atoms with E-state index in [1.807, 2.05) is 6.92 Å². The number of nitrogens with two attached hydrogens (primary N) is 1. The topological polar surface area (TPSA) is 58.4 Å². The number of amides is 1. The first kappa shape index (κ1) is 13.5. The van der Waals surface area contributed by atoms with Gasteiger partial charge in [-0.2, -0.15) is 0 Å². The summed E-state index contributed by atoms with van der Waals surface area (Å²) in [6.45, 7) is 9.28. The van der Waals surface area contributed by atoms with Gasteiger partial charge >= 0.3 is 0 Å². The zero-order chi connectivity index (χ0) is 12.4. The normalized spacial score (nSPS) is 25.0. The molecule has 4 heteroatoms. The highest BCUT2D eigenvalue weighted by Crippen LogP contribution is 2.30. The van der Waals surface area contributed by atoms with Gasteiger partial charge in [-0.05, 0) is 45.3 Å². The molecule has 0 aliphatic carbocycles. The number of hydrogen-bond acceptors (Lipinski definition) is 3. The quantitative estimate of drug-likeness (QED) is 0.738. The molecule has 1 heterocycles. The number of nitrogens with zero attached hydrogens (tertiary/aromatic N) is 1. The van der Waals surface area contributed by atoms with Gasteiger partial charge in [0.15, 0.2) is 0 Å². The van der Waals surface area contributed by atoms with E-state index in [9.17, 15) is 4.79 Å². The smallest absolute Gasteiger partial charge is 0.238 e. The Morgan fingerprint density at radius 3 is 2.31 bits per heavy atom. The van der Waals surface area contributed by atoms with Crippen LogP contribution in [0.25, 0.3) is 0 Å². The highest BCUT2D eigenvalue weighted by Gasteiger charge is 2.34. The van der Waals surface area contributed by atoms with Crippen molar-refractivity contribution in [2.75, 3.05) is 26.7 Å². The highest BCUT2D eigenvalue weighted by molar-refractivity contribution is 5.84. The first-order valence-corrected chi connectivity index (χ1v) is 6.00. The second-order valence-corrected chi connectivity index (χ2v) is 5.89. The van der Waals surface area contributed by atoms with Gasteiger partial charge in [0, 0.05) is 6.54 Å². The highest BCUT2D eigenvalue weighted by atomic mass is 16.1. The second kappa shape index (κ2) is 4.72. The van der Waals surface area contributed by atoms with E-state index in [2.05, 4.69) is 24.1 Å². The lowest BCUT2D eigenvalue weighted by Gasteiger charge is -2.40. The summed E-state index contributed by atoms with van der Waals surface area (Å²) in [4.78, 5) is 13.7. The molecule has 0 bridgehead atoms. The summed E-state index contributed by atoms with van der Waals surface area (Å²) < 4.78 is 0. The zero-order valence-electron chi connectivity index (χ0n) is 11.0. The molecule has 3 N–H and O–H groups in total. The van der Waals surface area contributed by atoms with Crippen molar-refractivity contribution in [1.82, 2.24) is 10.2 Å². The summed E-state index contributed by atoms with van der Waals surface area (Å²) >= 11 is 0. The van der Waals surface area contributed by atoms with Gasteiger partial charge in [0.2, 0.25) is 5.91 Å². The number of rotatable bonds is 4. The summed E-state index contributed by atoms with van der Waals surface area (Å²) in [5.41, 5.74) is 5.26. The molecule has 16 heavy (non-hydrogen) atoms. The first-order valence-electron chi connectivity index (χ1n) is 6.00. The van der Waals surface area contributed by atoms with E-state index in [1.165, 1.54) is 12.8 Å². The van der Waals surface area contributed by atoms with E-state index < -0.39 is 5.54 Å². The third-order valence-electron chi connectivity index (χ3n) is 3.85. The minimum atomic E-state index is -0.610. The van der Waals surface area contributed by atoms with Gasteiger partial charge in [0.25, 0.3) is 0 Å². The SMILES string of the molecule is CNC(C)(CN1CCC(C)(C)CC1)C(N)=O. The van der Waals surface area contributed by atoms with E-state index in [1.54, 1.807) is 7.05 Å². The van der Waals surface area contributed by atoms with Crippen LogP contribution in [0, 0.1) is 5.41 Å². The molecule has 1 rings (SSSR count). The van der Waals surface area contributed by atoms with Crippen LogP contribution in [0.3, 0.4) is 0 Å². The Morgan fingerprint density at radius 1 is 1.44 bits per heavy atom. The minimum Gasteiger partial charge on any atom is -0.368 e. The van der Waals surface area contributed by atoms with Crippen molar-refractivity contribution in [3.63, 3.8) is 0 Å². The fourth-order valence-electron chi connectivity index (χ4n) is 2.04. The lowest BCUT2D eigenvalue weighted by atomic mass is 9.82. The number of nitrogens with one attached hydrogen (secondary N) is 1. The predicted molar refractivity (Wildman–Crippen MR) is 66.1 cm³/mol. The zero-order valence-corrected chi connectivity index (χ0v) is 11.0. The molecule has 0 aromatic carbocycles. The van der Waals surface area contributed by atoms with Crippen LogP contribution < -0.4 is 11.1 Å². The Balaban J connectivity index is 2.53. The van der Waals surface area contributed by atoms with Crippen molar-refractivity contribution < 1.29 is 4.79 Å². The number of carbonyl (C=O) groups is 1. The van der Waals surface area contributed by atoms with Crippen LogP contribution in [0.15, 0.2) is 0 Å². The van der Waals surface area contributed by atoms with Crippen LogP contribution in [-0.2, 0) is 4.79 Å². The van der Waals surface area contributed by atoms with Crippen LogP contribution >= 0.6 is 0 Å². The summed E-state index contributed by atoms with van der Waals surface area (Å²) in [5.74, 6) is -0.278. The number of hydrogen-bond donors (Lipinski definition) is 2. The molecule has 0 spiro atoms. The molecule has 1 amide bonds. The average molecular weight is 227 g/mol. The molecule has 4 nitrogen and oxygen atoms in total. The van der Waals surface area contributed by atoms with Crippen molar-refractivity contribution in [3.8, 4) is 0 Å². The molecule has 1 saturated heterocycles. The van der Waals surface area contributed by atoms with Crippen LogP contribution in [0.1, 0.15) is 33.6 Å². The molecule has 94 valence electrons.